The lowest BCUT2D eigenvalue weighted by molar-refractivity contribution is 0.164. The first-order valence-corrected chi connectivity index (χ1v) is 4.52. The van der Waals surface area contributed by atoms with Crippen LogP contribution >= 0.6 is 0 Å². The summed E-state index contributed by atoms with van der Waals surface area (Å²) < 4.78 is 1.90. The van der Waals surface area contributed by atoms with Crippen molar-refractivity contribution in [1.29, 1.82) is 0 Å². The van der Waals surface area contributed by atoms with Gasteiger partial charge in [-0.3, -0.25) is 4.68 Å². The summed E-state index contributed by atoms with van der Waals surface area (Å²) in [5.74, 6) is 0. The van der Waals surface area contributed by atoms with Gasteiger partial charge in [-0.25, -0.2) is 0 Å². The molecule has 0 fully saturated rings. The Morgan fingerprint density at radius 1 is 1.62 bits per heavy atom. The van der Waals surface area contributed by atoms with Gasteiger partial charge in [0.25, 0.3) is 0 Å². The van der Waals surface area contributed by atoms with Gasteiger partial charge in [0, 0.05) is 18.8 Å². The van der Waals surface area contributed by atoms with E-state index in [4.69, 9.17) is 5.73 Å². The van der Waals surface area contributed by atoms with Crippen LogP contribution in [0.2, 0.25) is 0 Å². The van der Waals surface area contributed by atoms with Gasteiger partial charge < -0.3 is 10.8 Å². The molecule has 74 valence electrons. The Balaban J connectivity index is 2.49. The molecule has 1 unspecified atom stereocenters. The van der Waals surface area contributed by atoms with E-state index in [2.05, 4.69) is 5.10 Å². The molecule has 0 aromatic carbocycles. The number of nitrogens with zero attached hydrogens (tertiary/aromatic N) is 2. The molecule has 1 aromatic heterocycles. The van der Waals surface area contributed by atoms with E-state index in [9.17, 15) is 5.11 Å². The predicted octanol–water partition coefficient (Wildman–Crippen LogP) is 0.210. The van der Waals surface area contributed by atoms with Crippen LogP contribution in [0, 0.1) is 13.8 Å². The highest BCUT2D eigenvalue weighted by atomic mass is 16.3. The number of aliphatic hydroxyl groups excluding tert-OH is 1. The van der Waals surface area contributed by atoms with E-state index >= 15 is 0 Å². The van der Waals surface area contributed by atoms with Gasteiger partial charge in [-0.15, -0.1) is 0 Å². The van der Waals surface area contributed by atoms with E-state index in [1.54, 1.807) is 0 Å². The van der Waals surface area contributed by atoms with Gasteiger partial charge in [0.1, 0.15) is 0 Å². The number of rotatable bonds is 4. The summed E-state index contributed by atoms with van der Waals surface area (Å²) in [5.41, 5.74) is 7.44. The van der Waals surface area contributed by atoms with Crippen LogP contribution in [-0.2, 0) is 6.54 Å². The average molecular weight is 183 g/mol. The van der Waals surface area contributed by atoms with Crippen LogP contribution < -0.4 is 5.73 Å². The van der Waals surface area contributed by atoms with Crippen LogP contribution in [-0.4, -0.2) is 27.5 Å². The molecule has 1 atom stereocenters. The summed E-state index contributed by atoms with van der Waals surface area (Å²) in [5, 5.41) is 13.5. The number of aliphatic hydroxyl groups is 1. The summed E-state index contributed by atoms with van der Waals surface area (Å²) in [6, 6.07) is 2.02. The van der Waals surface area contributed by atoms with Crippen LogP contribution in [0.25, 0.3) is 0 Å². The van der Waals surface area contributed by atoms with Crippen molar-refractivity contribution in [1.82, 2.24) is 9.78 Å². The van der Waals surface area contributed by atoms with Crippen molar-refractivity contribution in [3.8, 4) is 0 Å². The Kier molecular flexibility index (Phi) is 3.45. The Bertz CT molecular complexity index is 270. The minimum absolute atomic E-state index is 0.319. The van der Waals surface area contributed by atoms with Crippen molar-refractivity contribution < 1.29 is 5.11 Å². The van der Waals surface area contributed by atoms with Crippen LogP contribution in [0.1, 0.15) is 17.8 Å². The van der Waals surface area contributed by atoms with E-state index in [-0.39, 0.29) is 0 Å². The quantitative estimate of drug-likeness (QED) is 0.701. The van der Waals surface area contributed by atoms with Gasteiger partial charge in [0.05, 0.1) is 11.8 Å². The van der Waals surface area contributed by atoms with E-state index in [1.807, 2.05) is 24.6 Å². The molecule has 1 aromatic rings. The topological polar surface area (TPSA) is 64.1 Å². The molecule has 0 aliphatic heterocycles. The van der Waals surface area contributed by atoms with Crippen molar-refractivity contribution >= 4 is 0 Å². The van der Waals surface area contributed by atoms with Crippen molar-refractivity contribution in [2.45, 2.75) is 32.9 Å². The molecule has 0 aliphatic rings. The molecule has 0 amide bonds. The van der Waals surface area contributed by atoms with E-state index in [1.165, 1.54) is 0 Å². The predicted molar refractivity (Wildman–Crippen MR) is 51.4 cm³/mol. The fourth-order valence-corrected chi connectivity index (χ4v) is 1.29. The Morgan fingerprint density at radius 3 is 2.77 bits per heavy atom. The minimum atomic E-state index is -0.413. The largest absolute Gasteiger partial charge is 0.392 e. The van der Waals surface area contributed by atoms with Gasteiger partial charge in [-0.05, 0) is 26.3 Å². The second kappa shape index (κ2) is 4.39. The van der Waals surface area contributed by atoms with Gasteiger partial charge in [0.2, 0.25) is 0 Å². The zero-order valence-electron chi connectivity index (χ0n) is 8.20. The molecule has 3 N–H and O–H groups in total. The summed E-state index contributed by atoms with van der Waals surface area (Å²) >= 11 is 0. The third-order valence-electron chi connectivity index (χ3n) is 2.05. The first-order chi connectivity index (χ1) is 6.13. The summed E-state index contributed by atoms with van der Waals surface area (Å²) in [4.78, 5) is 0. The normalized spacial score (nSPS) is 13.2. The molecular weight excluding hydrogens is 166 g/mol. The third-order valence-corrected chi connectivity index (χ3v) is 2.05. The second-order valence-corrected chi connectivity index (χ2v) is 3.33. The number of hydrogen-bond acceptors (Lipinski definition) is 3. The van der Waals surface area contributed by atoms with E-state index in [0.717, 1.165) is 17.9 Å². The SMILES string of the molecule is Cc1cc(C)n(CCC(O)CN)n1. The first kappa shape index (κ1) is 10.2. The monoisotopic (exact) mass is 183 g/mol. The highest BCUT2D eigenvalue weighted by molar-refractivity contribution is 5.06. The number of nitrogens with two attached hydrogens (primary N) is 1. The summed E-state index contributed by atoms with van der Waals surface area (Å²) in [7, 11) is 0. The third kappa shape index (κ3) is 2.82. The Labute approximate surface area is 78.4 Å². The highest BCUT2D eigenvalue weighted by Gasteiger charge is 2.04. The molecule has 0 radical (unpaired) electrons. The van der Waals surface area contributed by atoms with Crippen molar-refractivity contribution in [3.05, 3.63) is 17.5 Å². The molecule has 0 saturated heterocycles. The van der Waals surface area contributed by atoms with Crippen LogP contribution in [0.15, 0.2) is 6.07 Å². The standard InChI is InChI=1S/C9H17N3O/c1-7-5-8(2)12(11-7)4-3-9(13)6-10/h5,9,13H,3-4,6,10H2,1-2H3. The van der Waals surface area contributed by atoms with E-state index in [0.29, 0.717) is 13.0 Å². The van der Waals surface area contributed by atoms with Crippen LogP contribution in [0.4, 0.5) is 0 Å². The molecule has 0 aliphatic carbocycles. The maximum atomic E-state index is 9.25. The van der Waals surface area contributed by atoms with Crippen molar-refractivity contribution in [2.24, 2.45) is 5.73 Å². The highest BCUT2D eigenvalue weighted by Crippen LogP contribution is 2.03. The number of aromatic nitrogens is 2. The van der Waals surface area contributed by atoms with Crippen LogP contribution in [0.5, 0.6) is 0 Å². The summed E-state index contributed by atoms with van der Waals surface area (Å²) in [6.45, 7) is 5.02. The fourth-order valence-electron chi connectivity index (χ4n) is 1.29. The van der Waals surface area contributed by atoms with Crippen molar-refractivity contribution in [2.75, 3.05) is 6.54 Å². The lowest BCUT2D eigenvalue weighted by Crippen LogP contribution is -2.21. The molecule has 4 heteroatoms. The summed E-state index contributed by atoms with van der Waals surface area (Å²) in [6.07, 6.45) is 0.252. The maximum Gasteiger partial charge on any atom is 0.0680 e. The molecule has 0 bridgehead atoms. The molecule has 13 heavy (non-hydrogen) atoms. The minimum Gasteiger partial charge on any atom is -0.392 e. The second-order valence-electron chi connectivity index (χ2n) is 3.33. The lowest BCUT2D eigenvalue weighted by atomic mass is 10.2. The van der Waals surface area contributed by atoms with Crippen LogP contribution in [0.3, 0.4) is 0 Å². The lowest BCUT2D eigenvalue weighted by Gasteiger charge is -2.08. The molecule has 1 rings (SSSR count). The fraction of sp³-hybridized carbons (Fsp3) is 0.667. The molecule has 1 heterocycles. The number of hydrogen-bond donors (Lipinski definition) is 2. The van der Waals surface area contributed by atoms with E-state index < -0.39 is 6.10 Å². The van der Waals surface area contributed by atoms with Crippen molar-refractivity contribution in [3.63, 3.8) is 0 Å². The molecule has 4 nitrogen and oxygen atoms in total. The molecule has 0 saturated carbocycles. The van der Waals surface area contributed by atoms with Gasteiger partial charge in [0.15, 0.2) is 0 Å². The number of aryl methyl sites for hydroxylation is 3. The van der Waals surface area contributed by atoms with Gasteiger partial charge >= 0.3 is 0 Å². The Morgan fingerprint density at radius 2 is 2.31 bits per heavy atom. The van der Waals surface area contributed by atoms with Gasteiger partial charge in [-0.1, -0.05) is 0 Å². The molecule has 0 spiro atoms. The zero-order chi connectivity index (χ0) is 9.84. The average Bonchev–Trinajstić information content (AvgIpc) is 2.41. The Hall–Kier alpha value is -0.870. The first-order valence-electron chi connectivity index (χ1n) is 4.52. The zero-order valence-corrected chi connectivity index (χ0v) is 8.20. The van der Waals surface area contributed by atoms with Gasteiger partial charge in [-0.2, -0.15) is 5.10 Å². The maximum absolute atomic E-state index is 9.25. The smallest absolute Gasteiger partial charge is 0.0680 e. The molecular formula is C9H17N3O.